The van der Waals surface area contributed by atoms with Crippen molar-refractivity contribution in [1.82, 2.24) is 25.2 Å². The van der Waals surface area contributed by atoms with E-state index in [-0.39, 0.29) is 30.8 Å². The molecule has 2 amide bonds. The topological polar surface area (TPSA) is 110 Å². The Labute approximate surface area is 229 Å². The number of ether oxygens (including phenoxy) is 1. The molecule has 1 saturated carbocycles. The minimum absolute atomic E-state index is 0.121. The van der Waals surface area contributed by atoms with Crippen LogP contribution in [-0.2, 0) is 16.0 Å². The van der Waals surface area contributed by atoms with Crippen molar-refractivity contribution in [2.75, 3.05) is 13.7 Å². The highest BCUT2D eigenvalue weighted by molar-refractivity contribution is 5.90. The van der Waals surface area contributed by atoms with Crippen LogP contribution in [0.15, 0.2) is 42.6 Å². The number of aromatic nitrogens is 3. The van der Waals surface area contributed by atoms with Crippen LogP contribution < -0.4 is 10.1 Å². The molecule has 0 bridgehead atoms. The molecule has 0 unspecified atom stereocenters. The fourth-order valence-corrected chi connectivity index (χ4v) is 5.60. The molecule has 1 aromatic heterocycles. The number of methoxy groups -OCH3 is 1. The van der Waals surface area contributed by atoms with Gasteiger partial charge in [0, 0.05) is 31.1 Å². The lowest BCUT2D eigenvalue weighted by atomic mass is 9.85. The van der Waals surface area contributed by atoms with Crippen molar-refractivity contribution < 1.29 is 19.4 Å². The van der Waals surface area contributed by atoms with Gasteiger partial charge < -0.3 is 20.1 Å². The third-order valence-electron chi connectivity index (χ3n) is 7.75. The van der Waals surface area contributed by atoms with Crippen molar-refractivity contribution in [2.45, 2.75) is 83.5 Å². The van der Waals surface area contributed by atoms with E-state index in [1.807, 2.05) is 52.1 Å². The number of rotatable bonds is 8. The van der Waals surface area contributed by atoms with Gasteiger partial charge in [0.25, 0.3) is 0 Å². The lowest BCUT2D eigenvalue weighted by molar-refractivity contribution is -0.144. The predicted octanol–water partition coefficient (Wildman–Crippen LogP) is 3.61. The predicted molar refractivity (Wildman–Crippen MR) is 148 cm³/mol. The summed E-state index contributed by atoms with van der Waals surface area (Å²) in [5.41, 5.74) is 1.55. The van der Waals surface area contributed by atoms with Crippen molar-refractivity contribution in [3.63, 3.8) is 0 Å². The number of aliphatic hydroxyl groups is 1. The van der Waals surface area contributed by atoms with Crippen LogP contribution in [0.4, 0.5) is 0 Å². The molecule has 0 spiro atoms. The Morgan fingerprint density at radius 3 is 2.56 bits per heavy atom. The van der Waals surface area contributed by atoms with Gasteiger partial charge in [0.15, 0.2) is 0 Å². The molecule has 2 fully saturated rings. The first-order valence-electron chi connectivity index (χ1n) is 13.8. The van der Waals surface area contributed by atoms with E-state index in [0.717, 1.165) is 40.6 Å². The number of β-amino-alcohol motifs (C(OH)–C–C–N with tert-alkyl or cyclic N) is 1. The molecule has 4 atom stereocenters. The van der Waals surface area contributed by atoms with E-state index < -0.39 is 23.6 Å². The number of nitrogens with zero attached hydrogens (tertiary/aromatic N) is 4. The summed E-state index contributed by atoms with van der Waals surface area (Å²) in [4.78, 5) is 28.9. The first-order valence-corrected chi connectivity index (χ1v) is 13.8. The molecule has 5 rings (SSSR count). The molecular weight excluding hydrogens is 494 g/mol. The van der Waals surface area contributed by atoms with Crippen molar-refractivity contribution >= 4 is 22.6 Å². The molecule has 1 aliphatic heterocycles. The van der Waals surface area contributed by atoms with E-state index in [2.05, 4.69) is 33.8 Å². The Balaban J connectivity index is 1.28. The summed E-state index contributed by atoms with van der Waals surface area (Å²) < 4.78 is 6.96. The van der Waals surface area contributed by atoms with Crippen LogP contribution in [0.25, 0.3) is 10.8 Å². The molecule has 9 nitrogen and oxygen atoms in total. The molecule has 3 aromatic rings. The molecule has 9 heteroatoms. The van der Waals surface area contributed by atoms with Crippen LogP contribution in [0.3, 0.4) is 0 Å². The molecule has 39 heavy (non-hydrogen) atoms. The van der Waals surface area contributed by atoms with Gasteiger partial charge in [-0.1, -0.05) is 50.3 Å². The van der Waals surface area contributed by atoms with Gasteiger partial charge in [0.2, 0.25) is 11.8 Å². The van der Waals surface area contributed by atoms with Crippen LogP contribution in [0.5, 0.6) is 5.75 Å². The second kappa shape index (κ2) is 10.6. The van der Waals surface area contributed by atoms with Crippen LogP contribution in [0.1, 0.15) is 70.2 Å². The second-order valence-electron chi connectivity index (χ2n) is 12.2. The zero-order valence-corrected chi connectivity index (χ0v) is 23.4. The summed E-state index contributed by atoms with van der Waals surface area (Å²) in [5, 5.41) is 24.4. The van der Waals surface area contributed by atoms with Crippen LogP contribution in [-0.4, -0.2) is 68.7 Å². The van der Waals surface area contributed by atoms with Crippen LogP contribution in [0, 0.1) is 5.41 Å². The maximum atomic E-state index is 13.9. The van der Waals surface area contributed by atoms with Crippen molar-refractivity contribution in [1.29, 1.82) is 0 Å². The van der Waals surface area contributed by atoms with Gasteiger partial charge in [0.1, 0.15) is 17.8 Å². The Kier molecular flexibility index (Phi) is 7.37. The first kappa shape index (κ1) is 27.1. The van der Waals surface area contributed by atoms with E-state index in [9.17, 15) is 14.7 Å². The van der Waals surface area contributed by atoms with E-state index in [0.29, 0.717) is 12.3 Å². The summed E-state index contributed by atoms with van der Waals surface area (Å²) in [6, 6.07) is 10.7. The zero-order valence-electron chi connectivity index (χ0n) is 23.4. The summed E-state index contributed by atoms with van der Waals surface area (Å²) >= 11 is 0. The molecule has 2 aromatic carbocycles. The molecule has 2 heterocycles. The van der Waals surface area contributed by atoms with Gasteiger partial charge in [-0.3, -0.25) is 9.59 Å². The van der Waals surface area contributed by atoms with Gasteiger partial charge >= 0.3 is 0 Å². The summed E-state index contributed by atoms with van der Waals surface area (Å²) in [7, 11) is 1.65. The highest BCUT2D eigenvalue weighted by Crippen LogP contribution is 2.40. The van der Waals surface area contributed by atoms with Crippen LogP contribution in [0.2, 0.25) is 0 Å². The fraction of sp³-hybridized carbons (Fsp3) is 0.533. The normalized spacial score (nSPS) is 21.1. The maximum Gasteiger partial charge on any atom is 0.248 e. The van der Waals surface area contributed by atoms with Gasteiger partial charge in [-0.15, -0.1) is 5.10 Å². The molecular formula is C30H39N5O4. The number of hydrogen-bond acceptors (Lipinski definition) is 6. The SMILES string of the molecule is COc1ccc2cc(C[C@@H](C)NC(=O)[C@@H]3C[C@@H](O)CN3C(=O)[C@@H](n3cc(C4CC4)nn3)C(C)(C)C)ccc2c1. The van der Waals surface area contributed by atoms with Crippen molar-refractivity contribution in [2.24, 2.45) is 5.41 Å². The zero-order chi connectivity index (χ0) is 27.9. The molecule has 1 saturated heterocycles. The number of aliphatic hydroxyl groups excluding tert-OH is 1. The molecule has 208 valence electrons. The van der Waals surface area contributed by atoms with Gasteiger partial charge in [0.05, 0.1) is 18.9 Å². The average Bonchev–Trinajstić information content (AvgIpc) is 3.49. The second-order valence-corrected chi connectivity index (χ2v) is 12.2. The Hall–Kier alpha value is -3.46. The lowest BCUT2D eigenvalue weighted by Crippen LogP contribution is -2.51. The van der Waals surface area contributed by atoms with E-state index in [4.69, 9.17) is 4.74 Å². The highest BCUT2D eigenvalue weighted by atomic mass is 16.5. The number of fused-ring (bicyclic) bond motifs is 1. The maximum absolute atomic E-state index is 13.9. The summed E-state index contributed by atoms with van der Waals surface area (Å²) in [6.45, 7) is 8.03. The standard InChI is InChI=1S/C30H39N5O4/c1-18(12-19-6-7-22-14-24(39-5)11-10-21(22)13-19)31-28(37)26-15-23(36)16-34(26)29(38)27(30(2,3)4)35-17-25(32-33-35)20-8-9-20/h6-7,10-11,13-14,17-18,20,23,26-27,36H,8-9,12,15-16H2,1-5H3,(H,31,37)/t18-,23-,26+,27-/m1/s1. The smallest absolute Gasteiger partial charge is 0.248 e. The monoisotopic (exact) mass is 533 g/mol. The van der Waals surface area contributed by atoms with E-state index >= 15 is 0 Å². The summed E-state index contributed by atoms with van der Waals surface area (Å²) in [6.07, 6.45) is 4.16. The largest absolute Gasteiger partial charge is 0.497 e. The summed E-state index contributed by atoms with van der Waals surface area (Å²) in [5.74, 6) is 0.773. The van der Waals surface area contributed by atoms with E-state index in [1.54, 1.807) is 11.8 Å². The highest BCUT2D eigenvalue weighted by Gasteiger charge is 2.45. The number of likely N-dealkylation sites (tertiary alicyclic amines) is 1. The van der Waals surface area contributed by atoms with Gasteiger partial charge in [-0.05, 0) is 60.1 Å². The number of hydrogen-bond donors (Lipinski definition) is 2. The molecule has 2 N–H and O–H groups in total. The molecule has 2 aliphatic rings. The Morgan fingerprint density at radius 2 is 1.87 bits per heavy atom. The minimum atomic E-state index is -0.754. The Morgan fingerprint density at radius 1 is 1.15 bits per heavy atom. The van der Waals surface area contributed by atoms with Gasteiger partial charge in [-0.25, -0.2) is 4.68 Å². The average molecular weight is 534 g/mol. The molecule has 1 aliphatic carbocycles. The third-order valence-corrected chi connectivity index (χ3v) is 7.75. The first-order chi connectivity index (χ1) is 18.5. The van der Waals surface area contributed by atoms with Gasteiger partial charge in [-0.2, -0.15) is 0 Å². The number of carbonyl (C=O) groups excluding carboxylic acids is 2. The minimum Gasteiger partial charge on any atom is -0.497 e. The quantitative estimate of drug-likeness (QED) is 0.458. The van der Waals surface area contributed by atoms with Crippen molar-refractivity contribution in [3.8, 4) is 5.75 Å². The lowest BCUT2D eigenvalue weighted by Gasteiger charge is -2.34. The number of amides is 2. The number of nitrogens with one attached hydrogen (secondary N) is 1. The van der Waals surface area contributed by atoms with Crippen molar-refractivity contribution in [3.05, 3.63) is 53.9 Å². The van der Waals surface area contributed by atoms with E-state index in [1.165, 1.54) is 4.90 Å². The number of carbonyl (C=O) groups is 2. The van der Waals surface area contributed by atoms with Crippen LogP contribution >= 0.6 is 0 Å². The Bertz CT molecular complexity index is 1360. The number of benzene rings is 2. The molecule has 0 radical (unpaired) electrons. The fourth-order valence-electron chi connectivity index (χ4n) is 5.60. The third kappa shape index (κ3) is 5.93.